The number of carbonyl (C=O) groups excluding carboxylic acids is 1. The molecule has 2 aromatic rings. The van der Waals surface area contributed by atoms with Gasteiger partial charge < -0.3 is 9.84 Å². The Morgan fingerprint density at radius 2 is 2.12 bits per heavy atom. The number of amides is 1. The molecule has 1 amide bonds. The molecule has 0 aliphatic rings. The smallest absolute Gasteiger partial charge is 0.240 e. The van der Waals surface area contributed by atoms with E-state index in [2.05, 4.69) is 15.2 Å². The van der Waals surface area contributed by atoms with Gasteiger partial charge in [0.15, 0.2) is 0 Å². The Labute approximate surface area is 145 Å². The Morgan fingerprint density at radius 3 is 2.83 bits per heavy atom. The molecule has 130 valence electrons. The Bertz CT molecular complexity index is 763. The van der Waals surface area contributed by atoms with Crippen LogP contribution in [-0.2, 0) is 21.2 Å². The van der Waals surface area contributed by atoms with Crippen LogP contribution in [0.3, 0.4) is 0 Å². The fourth-order valence-corrected chi connectivity index (χ4v) is 3.31. The zero-order chi connectivity index (χ0) is 17.4. The summed E-state index contributed by atoms with van der Waals surface area (Å²) < 4.78 is 31.2. The Hall–Kier alpha value is -1.90. The maximum absolute atomic E-state index is 12.0. The molecule has 0 saturated heterocycles. The average Bonchev–Trinajstić information content (AvgIpc) is 3.05. The van der Waals surface area contributed by atoms with Crippen LogP contribution in [-0.4, -0.2) is 32.6 Å². The first-order valence-corrected chi connectivity index (χ1v) is 9.24. The first-order valence-electron chi connectivity index (χ1n) is 7.37. The zero-order valence-corrected chi connectivity index (χ0v) is 14.4. The molecule has 0 unspecified atom stereocenters. The van der Waals surface area contributed by atoms with Crippen LogP contribution < -0.4 is 10.0 Å². The number of halogens is 1. The number of nitrogens with zero attached hydrogens (tertiary/aromatic N) is 1. The normalized spacial score (nSPS) is 11.4. The number of sulfonamides is 1. The number of aromatic nitrogens is 1. The van der Waals surface area contributed by atoms with Crippen molar-refractivity contribution in [2.45, 2.75) is 24.2 Å². The number of carbonyl (C=O) groups is 1. The maximum Gasteiger partial charge on any atom is 0.240 e. The zero-order valence-electron chi connectivity index (χ0n) is 12.9. The van der Waals surface area contributed by atoms with E-state index < -0.39 is 10.0 Å². The van der Waals surface area contributed by atoms with Crippen LogP contribution in [0.2, 0.25) is 5.02 Å². The Balaban J connectivity index is 1.66. The predicted molar refractivity (Wildman–Crippen MR) is 89.1 cm³/mol. The lowest BCUT2D eigenvalue weighted by atomic mass is 10.2. The summed E-state index contributed by atoms with van der Waals surface area (Å²) in [5.41, 5.74) is 0.971. The van der Waals surface area contributed by atoms with Crippen molar-refractivity contribution in [1.82, 2.24) is 15.2 Å². The second-order valence-electron chi connectivity index (χ2n) is 5.09. The van der Waals surface area contributed by atoms with Crippen molar-refractivity contribution in [3.05, 3.63) is 47.3 Å². The summed E-state index contributed by atoms with van der Waals surface area (Å²) in [6, 6.07) is 5.94. The quantitative estimate of drug-likeness (QED) is 0.654. The summed E-state index contributed by atoms with van der Waals surface area (Å²) in [6.45, 7) is 0.525. The molecular weight excluding hydrogens is 354 g/mol. The molecule has 0 atom stereocenters. The molecular formula is C15H18ClN3O4S. The van der Waals surface area contributed by atoms with Crippen molar-refractivity contribution < 1.29 is 17.7 Å². The van der Waals surface area contributed by atoms with Gasteiger partial charge in [-0.15, -0.1) is 0 Å². The van der Waals surface area contributed by atoms with Gasteiger partial charge >= 0.3 is 0 Å². The molecule has 1 heterocycles. The monoisotopic (exact) mass is 371 g/mol. The van der Waals surface area contributed by atoms with Gasteiger partial charge in [0.2, 0.25) is 15.9 Å². The highest BCUT2D eigenvalue weighted by Gasteiger charge is 2.14. The molecule has 0 aliphatic heterocycles. The molecule has 0 aliphatic carbocycles. The third-order valence-electron chi connectivity index (χ3n) is 3.20. The molecule has 24 heavy (non-hydrogen) atoms. The van der Waals surface area contributed by atoms with Gasteiger partial charge in [-0.05, 0) is 31.0 Å². The fourth-order valence-electron chi connectivity index (χ4n) is 1.98. The number of aryl methyl sites for hydroxylation is 1. The van der Waals surface area contributed by atoms with Crippen molar-refractivity contribution in [3.63, 3.8) is 0 Å². The molecule has 9 heteroatoms. The topological polar surface area (TPSA) is 101 Å². The highest BCUT2D eigenvalue weighted by Crippen LogP contribution is 2.14. The Morgan fingerprint density at radius 1 is 1.29 bits per heavy atom. The minimum atomic E-state index is -3.67. The highest BCUT2D eigenvalue weighted by atomic mass is 35.5. The van der Waals surface area contributed by atoms with E-state index in [1.807, 2.05) is 0 Å². The van der Waals surface area contributed by atoms with Gasteiger partial charge in [-0.2, -0.15) is 0 Å². The lowest BCUT2D eigenvalue weighted by molar-refractivity contribution is -0.120. The van der Waals surface area contributed by atoms with E-state index in [1.165, 1.54) is 12.1 Å². The van der Waals surface area contributed by atoms with E-state index in [0.717, 1.165) is 18.4 Å². The number of hydrogen-bond donors (Lipinski definition) is 2. The lowest BCUT2D eigenvalue weighted by Gasteiger charge is -2.08. The number of benzene rings is 1. The van der Waals surface area contributed by atoms with E-state index >= 15 is 0 Å². The van der Waals surface area contributed by atoms with E-state index in [1.54, 1.807) is 24.6 Å². The van der Waals surface area contributed by atoms with Crippen LogP contribution in [0.4, 0.5) is 0 Å². The molecule has 2 N–H and O–H groups in total. The summed E-state index contributed by atoms with van der Waals surface area (Å²) in [7, 11) is -3.67. The van der Waals surface area contributed by atoms with Crippen LogP contribution in [0.25, 0.3) is 0 Å². The standard InChI is InChI=1S/C15H18ClN3O4S/c16-13-4-1-5-14(9-13)24(21,22)19-8-6-15(20)17-7-2-3-12-10-18-23-11-12/h1,4-5,9-11,19H,2-3,6-8H2,(H,17,20). The third-order valence-corrected chi connectivity index (χ3v) is 4.89. The molecule has 0 radical (unpaired) electrons. The molecule has 1 aromatic heterocycles. The van der Waals surface area contributed by atoms with Crippen LogP contribution in [0.1, 0.15) is 18.4 Å². The van der Waals surface area contributed by atoms with E-state index in [-0.39, 0.29) is 23.8 Å². The van der Waals surface area contributed by atoms with Gasteiger partial charge in [-0.25, -0.2) is 13.1 Å². The SMILES string of the molecule is O=C(CCNS(=O)(=O)c1cccc(Cl)c1)NCCCc1cnoc1. The third kappa shape index (κ3) is 5.95. The fraction of sp³-hybridized carbons (Fsp3) is 0.333. The molecule has 2 rings (SSSR count). The second kappa shape index (κ2) is 8.81. The number of hydrogen-bond acceptors (Lipinski definition) is 5. The molecule has 0 fully saturated rings. The van der Waals surface area contributed by atoms with Gasteiger partial charge in [0.05, 0.1) is 11.1 Å². The summed E-state index contributed by atoms with van der Waals surface area (Å²) in [4.78, 5) is 11.8. The molecule has 7 nitrogen and oxygen atoms in total. The van der Waals surface area contributed by atoms with Gasteiger partial charge in [-0.1, -0.05) is 22.8 Å². The molecule has 0 bridgehead atoms. The van der Waals surface area contributed by atoms with Crippen molar-refractivity contribution in [2.75, 3.05) is 13.1 Å². The first-order chi connectivity index (χ1) is 11.5. The van der Waals surface area contributed by atoms with Crippen molar-refractivity contribution in [2.24, 2.45) is 0 Å². The summed E-state index contributed by atoms with van der Waals surface area (Å²) in [6.07, 6.45) is 4.76. The molecule has 0 saturated carbocycles. The number of rotatable bonds is 9. The molecule has 0 spiro atoms. The van der Waals surface area contributed by atoms with E-state index in [0.29, 0.717) is 11.6 Å². The average molecular weight is 372 g/mol. The van der Waals surface area contributed by atoms with Crippen LogP contribution >= 0.6 is 11.6 Å². The van der Waals surface area contributed by atoms with Gasteiger partial charge in [-0.3, -0.25) is 4.79 Å². The minimum absolute atomic E-state index is 0.0202. The maximum atomic E-state index is 12.0. The van der Waals surface area contributed by atoms with E-state index in [9.17, 15) is 13.2 Å². The van der Waals surface area contributed by atoms with Crippen LogP contribution in [0.5, 0.6) is 0 Å². The molecule has 1 aromatic carbocycles. The van der Waals surface area contributed by atoms with Crippen molar-refractivity contribution >= 4 is 27.5 Å². The van der Waals surface area contributed by atoms with Gasteiger partial charge in [0, 0.05) is 30.1 Å². The van der Waals surface area contributed by atoms with Crippen molar-refractivity contribution in [1.29, 1.82) is 0 Å². The van der Waals surface area contributed by atoms with Crippen LogP contribution in [0, 0.1) is 0 Å². The van der Waals surface area contributed by atoms with Crippen LogP contribution in [0.15, 0.2) is 46.1 Å². The predicted octanol–water partition coefficient (Wildman–Crippen LogP) is 1.75. The minimum Gasteiger partial charge on any atom is -0.364 e. The first kappa shape index (κ1) is 18.4. The number of nitrogens with one attached hydrogen (secondary N) is 2. The highest BCUT2D eigenvalue weighted by molar-refractivity contribution is 7.89. The van der Waals surface area contributed by atoms with E-state index in [4.69, 9.17) is 16.1 Å². The summed E-state index contributed by atoms with van der Waals surface area (Å²) >= 11 is 5.78. The Kier molecular flexibility index (Phi) is 6.77. The summed E-state index contributed by atoms with van der Waals surface area (Å²) in [5.74, 6) is -0.214. The van der Waals surface area contributed by atoms with Gasteiger partial charge in [0.25, 0.3) is 0 Å². The lowest BCUT2D eigenvalue weighted by Crippen LogP contribution is -2.31. The van der Waals surface area contributed by atoms with Gasteiger partial charge in [0.1, 0.15) is 6.26 Å². The largest absolute Gasteiger partial charge is 0.364 e. The van der Waals surface area contributed by atoms with Crippen molar-refractivity contribution in [3.8, 4) is 0 Å². The second-order valence-corrected chi connectivity index (χ2v) is 7.29. The summed E-state index contributed by atoms with van der Waals surface area (Å²) in [5, 5.41) is 6.67.